The molecule has 7 heteroatoms. The predicted octanol–water partition coefficient (Wildman–Crippen LogP) is 3.02. The smallest absolute Gasteiger partial charge is 0.238 e. The van der Waals surface area contributed by atoms with Gasteiger partial charge >= 0.3 is 0 Å². The molecule has 1 saturated heterocycles. The summed E-state index contributed by atoms with van der Waals surface area (Å²) in [6.07, 6.45) is 0. The molecule has 2 aromatic rings. The summed E-state index contributed by atoms with van der Waals surface area (Å²) in [7, 11) is -3.65. The van der Waals surface area contributed by atoms with Crippen molar-refractivity contribution in [3.05, 3.63) is 54.1 Å². The minimum absolute atomic E-state index is 0.161. The zero-order valence-electron chi connectivity index (χ0n) is 17.0. The zero-order valence-corrected chi connectivity index (χ0v) is 17.8. The zero-order chi connectivity index (χ0) is 20.6. The van der Waals surface area contributed by atoms with Crippen molar-refractivity contribution in [2.45, 2.75) is 24.7 Å². The molecule has 156 valence electrons. The van der Waals surface area contributed by atoms with Crippen molar-refractivity contribution in [1.29, 1.82) is 0 Å². The van der Waals surface area contributed by atoms with Crippen LogP contribution in [0.1, 0.15) is 25.3 Å². The molecule has 2 aliphatic rings. The van der Waals surface area contributed by atoms with E-state index in [1.165, 1.54) is 5.69 Å². The number of sulfonamides is 1. The number of nitrogens with one attached hydrogen (secondary N) is 1. The lowest BCUT2D eigenvalue weighted by Crippen LogP contribution is -2.36. The van der Waals surface area contributed by atoms with Gasteiger partial charge in [0, 0.05) is 31.0 Å². The average molecular weight is 416 g/mol. The highest BCUT2D eigenvalue weighted by molar-refractivity contribution is 7.89. The number of hydrogen-bond donors (Lipinski definition) is 2. The van der Waals surface area contributed by atoms with Gasteiger partial charge in [0.05, 0.1) is 18.1 Å². The summed E-state index contributed by atoms with van der Waals surface area (Å²) in [4.78, 5) is 2.51. The molecule has 1 heterocycles. The monoisotopic (exact) mass is 415 g/mol. The van der Waals surface area contributed by atoms with Gasteiger partial charge in [0.2, 0.25) is 10.0 Å². The summed E-state index contributed by atoms with van der Waals surface area (Å²) in [5.41, 5.74) is 3.68. The van der Waals surface area contributed by atoms with Crippen LogP contribution in [-0.2, 0) is 14.8 Å². The molecular formula is C22H29N3O3S. The third-order valence-electron chi connectivity index (χ3n) is 6.37. The first-order chi connectivity index (χ1) is 13.8. The fourth-order valence-corrected chi connectivity index (χ4v) is 5.03. The fraction of sp³-hybridized carbons (Fsp3) is 0.455. The summed E-state index contributed by atoms with van der Waals surface area (Å²) < 4.78 is 28.4. The second-order valence-electron chi connectivity index (χ2n) is 8.55. The lowest BCUT2D eigenvalue weighted by Gasteiger charge is -2.29. The van der Waals surface area contributed by atoms with E-state index in [-0.39, 0.29) is 10.3 Å². The van der Waals surface area contributed by atoms with Gasteiger partial charge in [-0.05, 0) is 53.1 Å². The van der Waals surface area contributed by atoms with Gasteiger partial charge in [-0.3, -0.25) is 0 Å². The summed E-state index contributed by atoms with van der Waals surface area (Å²) in [6, 6.07) is 15.6. The predicted molar refractivity (Wildman–Crippen MR) is 116 cm³/mol. The maximum Gasteiger partial charge on any atom is 0.238 e. The van der Waals surface area contributed by atoms with Crippen molar-refractivity contribution < 1.29 is 13.2 Å². The summed E-state index contributed by atoms with van der Waals surface area (Å²) in [6.45, 7) is 8.82. The van der Waals surface area contributed by atoms with E-state index < -0.39 is 10.0 Å². The minimum Gasteiger partial charge on any atom is -0.385 e. The topological polar surface area (TPSA) is 84.7 Å². The standard InChI is InChI=1S/C22H29N3O3S/c1-22(2)20(21(22)16-6-8-19(9-7-16)29(23,26)27)15-24-17-4-3-5-18(14-17)25-10-12-28-13-11-25/h3-9,14,20-21,24H,10-13,15H2,1-2H3,(H2,23,26,27)/t20-,21-/m1/s1. The Balaban J connectivity index is 1.41. The Morgan fingerprint density at radius 2 is 1.83 bits per heavy atom. The fourth-order valence-electron chi connectivity index (χ4n) is 4.51. The van der Waals surface area contributed by atoms with Crippen LogP contribution < -0.4 is 15.4 Å². The summed E-state index contributed by atoms with van der Waals surface area (Å²) in [5.74, 6) is 0.877. The molecule has 1 aliphatic carbocycles. The third kappa shape index (κ3) is 4.27. The first-order valence-electron chi connectivity index (χ1n) is 10.1. The quantitative estimate of drug-likeness (QED) is 0.758. The molecule has 6 nitrogen and oxygen atoms in total. The third-order valence-corrected chi connectivity index (χ3v) is 7.30. The maximum atomic E-state index is 11.5. The first kappa shape index (κ1) is 20.2. The van der Waals surface area contributed by atoms with Crippen LogP contribution in [-0.4, -0.2) is 41.3 Å². The van der Waals surface area contributed by atoms with Crippen LogP contribution in [0.15, 0.2) is 53.4 Å². The molecule has 0 bridgehead atoms. The second-order valence-corrected chi connectivity index (χ2v) is 10.1. The molecule has 0 aromatic heterocycles. The van der Waals surface area contributed by atoms with Gasteiger partial charge in [0.15, 0.2) is 0 Å². The van der Waals surface area contributed by atoms with Gasteiger partial charge in [-0.2, -0.15) is 0 Å². The van der Waals surface area contributed by atoms with Crippen molar-refractivity contribution in [3.63, 3.8) is 0 Å². The molecule has 0 radical (unpaired) electrons. The van der Waals surface area contributed by atoms with Crippen LogP contribution in [0.5, 0.6) is 0 Å². The Bertz CT molecular complexity index is 967. The van der Waals surface area contributed by atoms with Gasteiger partial charge in [-0.15, -0.1) is 0 Å². The minimum atomic E-state index is -3.65. The SMILES string of the molecule is CC1(C)[C@H](CNc2cccc(N3CCOCC3)c2)[C@H]1c1ccc(S(N)(=O)=O)cc1. The van der Waals surface area contributed by atoms with E-state index in [9.17, 15) is 8.42 Å². The first-order valence-corrected chi connectivity index (χ1v) is 11.6. The van der Waals surface area contributed by atoms with Gasteiger partial charge < -0.3 is 15.0 Å². The van der Waals surface area contributed by atoms with E-state index in [2.05, 4.69) is 48.3 Å². The normalized spacial score (nSPS) is 23.6. The average Bonchev–Trinajstić information content (AvgIpc) is 3.27. The number of ether oxygens (including phenoxy) is 1. The van der Waals surface area contributed by atoms with Crippen LogP contribution in [0.4, 0.5) is 11.4 Å². The lowest BCUT2D eigenvalue weighted by atomic mass is 10.0. The van der Waals surface area contributed by atoms with Crippen molar-refractivity contribution in [1.82, 2.24) is 0 Å². The highest BCUT2D eigenvalue weighted by Crippen LogP contribution is 2.64. The van der Waals surface area contributed by atoms with Gasteiger partial charge in [-0.25, -0.2) is 13.6 Å². The lowest BCUT2D eigenvalue weighted by molar-refractivity contribution is 0.122. The second kappa shape index (κ2) is 7.63. The number of nitrogens with zero attached hydrogens (tertiary/aromatic N) is 1. The molecule has 2 fully saturated rings. The summed E-state index contributed by atoms with van der Waals surface area (Å²) >= 11 is 0. The van der Waals surface area contributed by atoms with Crippen LogP contribution in [0.2, 0.25) is 0 Å². The molecule has 29 heavy (non-hydrogen) atoms. The molecule has 1 saturated carbocycles. The van der Waals surface area contributed by atoms with Crippen molar-refractivity contribution >= 4 is 21.4 Å². The molecule has 0 spiro atoms. The van der Waals surface area contributed by atoms with E-state index in [0.29, 0.717) is 11.8 Å². The van der Waals surface area contributed by atoms with Crippen LogP contribution in [0.25, 0.3) is 0 Å². The van der Waals surface area contributed by atoms with Gasteiger partial charge in [0.1, 0.15) is 0 Å². The molecular weight excluding hydrogens is 386 g/mol. The molecule has 1 aliphatic heterocycles. The number of primary sulfonamides is 1. The van der Waals surface area contributed by atoms with Gasteiger partial charge in [-0.1, -0.05) is 32.0 Å². The largest absolute Gasteiger partial charge is 0.385 e. The Labute approximate surface area is 173 Å². The van der Waals surface area contributed by atoms with Crippen LogP contribution in [0, 0.1) is 11.3 Å². The van der Waals surface area contributed by atoms with E-state index in [1.54, 1.807) is 12.1 Å². The number of hydrogen-bond acceptors (Lipinski definition) is 5. The number of benzene rings is 2. The van der Waals surface area contributed by atoms with E-state index in [1.807, 2.05) is 12.1 Å². The molecule has 0 unspecified atom stereocenters. The van der Waals surface area contributed by atoms with E-state index in [4.69, 9.17) is 9.88 Å². The van der Waals surface area contributed by atoms with Crippen molar-refractivity contribution in [2.24, 2.45) is 16.5 Å². The Morgan fingerprint density at radius 1 is 1.14 bits per heavy atom. The van der Waals surface area contributed by atoms with Gasteiger partial charge in [0.25, 0.3) is 0 Å². The number of anilines is 2. The summed E-state index contributed by atoms with van der Waals surface area (Å²) in [5, 5.41) is 8.81. The van der Waals surface area contributed by atoms with Crippen LogP contribution in [0.3, 0.4) is 0 Å². The molecule has 3 N–H and O–H groups in total. The Kier molecular flexibility index (Phi) is 5.31. The molecule has 2 aromatic carbocycles. The highest BCUT2D eigenvalue weighted by atomic mass is 32.2. The number of morpholine rings is 1. The Morgan fingerprint density at radius 3 is 2.48 bits per heavy atom. The maximum absolute atomic E-state index is 11.5. The van der Waals surface area contributed by atoms with Crippen molar-refractivity contribution in [3.8, 4) is 0 Å². The number of nitrogens with two attached hydrogens (primary N) is 1. The Hall–Kier alpha value is -2.09. The van der Waals surface area contributed by atoms with Crippen LogP contribution >= 0.6 is 0 Å². The van der Waals surface area contributed by atoms with E-state index >= 15 is 0 Å². The highest BCUT2D eigenvalue weighted by Gasteiger charge is 2.57. The van der Waals surface area contributed by atoms with E-state index in [0.717, 1.165) is 44.1 Å². The van der Waals surface area contributed by atoms with Crippen molar-refractivity contribution in [2.75, 3.05) is 43.1 Å². The molecule has 4 rings (SSSR count). The molecule has 0 amide bonds. The number of rotatable bonds is 6. The molecule has 2 atom stereocenters.